The fourth-order valence-electron chi connectivity index (χ4n) is 1.52. The van der Waals surface area contributed by atoms with Crippen molar-refractivity contribution in [2.75, 3.05) is 13.2 Å². The first kappa shape index (κ1) is 16.0. The van der Waals surface area contributed by atoms with Gasteiger partial charge in [0, 0.05) is 25.1 Å². The summed E-state index contributed by atoms with van der Waals surface area (Å²) in [5, 5.41) is 2.25. The molecule has 20 heavy (non-hydrogen) atoms. The van der Waals surface area contributed by atoms with Gasteiger partial charge in [0.25, 0.3) is 5.91 Å². The normalized spacial score (nSPS) is 10.2. The van der Waals surface area contributed by atoms with Crippen LogP contribution in [0.1, 0.15) is 30.1 Å². The molecule has 0 saturated carbocycles. The topological polar surface area (TPSA) is 55.4 Å². The van der Waals surface area contributed by atoms with Gasteiger partial charge in [-0.15, -0.1) is 0 Å². The Kier molecular flexibility index (Phi) is 6.02. The zero-order valence-corrected chi connectivity index (χ0v) is 10.8. The summed E-state index contributed by atoms with van der Waals surface area (Å²) in [5.74, 6) is -5.06. The molecule has 0 aliphatic carbocycles. The zero-order chi connectivity index (χ0) is 15.1. The number of rotatable bonds is 6. The van der Waals surface area contributed by atoms with Crippen molar-refractivity contribution in [3.63, 3.8) is 0 Å². The van der Waals surface area contributed by atoms with Crippen molar-refractivity contribution < 1.29 is 27.5 Å². The molecule has 0 fully saturated rings. The van der Waals surface area contributed by atoms with Gasteiger partial charge in [0.2, 0.25) is 0 Å². The minimum atomic E-state index is -1.27. The highest BCUT2D eigenvalue weighted by Crippen LogP contribution is 2.14. The van der Waals surface area contributed by atoms with Crippen LogP contribution in [-0.2, 0) is 9.53 Å². The number of ether oxygens (including phenoxy) is 1. The molecule has 0 aromatic heterocycles. The zero-order valence-electron chi connectivity index (χ0n) is 10.8. The van der Waals surface area contributed by atoms with Crippen LogP contribution in [0.15, 0.2) is 12.1 Å². The summed E-state index contributed by atoms with van der Waals surface area (Å²) in [7, 11) is 0. The van der Waals surface area contributed by atoms with E-state index in [4.69, 9.17) is 0 Å². The number of halogens is 3. The number of carbonyl (C=O) groups is 2. The lowest BCUT2D eigenvalue weighted by molar-refractivity contribution is -0.143. The largest absolute Gasteiger partial charge is 0.466 e. The molecule has 0 saturated heterocycles. The second kappa shape index (κ2) is 7.52. The lowest BCUT2D eigenvalue weighted by Crippen LogP contribution is -2.27. The van der Waals surface area contributed by atoms with Crippen molar-refractivity contribution in [2.45, 2.75) is 19.8 Å². The number of hydrogen-bond acceptors (Lipinski definition) is 3. The first-order valence-electron chi connectivity index (χ1n) is 6.04. The Morgan fingerprint density at radius 3 is 2.35 bits per heavy atom. The van der Waals surface area contributed by atoms with Crippen molar-refractivity contribution in [1.29, 1.82) is 0 Å². The minimum absolute atomic E-state index is 0.0495. The van der Waals surface area contributed by atoms with E-state index in [-0.39, 0.29) is 26.0 Å². The molecule has 7 heteroatoms. The van der Waals surface area contributed by atoms with Crippen molar-refractivity contribution in [2.24, 2.45) is 0 Å². The number of carbonyl (C=O) groups excluding carboxylic acids is 2. The van der Waals surface area contributed by atoms with Crippen molar-refractivity contribution in [1.82, 2.24) is 5.32 Å². The summed E-state index contributed by atoms with van der Waals surface area (Å²) < 4.78 is 43.9. The summed E-state index contributed by atoms with van der Waals surface area (Å²) in [5.41, 5.74) is -0.845. The summed E-state index contributed by atoms with van der Waals surface area (Å²) in [4.78, 5) is 22.5. The first-order valence-corrected chi connectivity index (χ1v) is 6.04. The highest BCUT2D eigenvalue weighted by molar-refractivity contribution is 5.94. The number of hydrogen-bond donors (Lipinski definition) is 1. The maximum absolute atomic E-state index is 13.3. The second-order valence-corrected chi connectivity index (χ2v) is 3.91. The molecular weight excluding hydrogens is 275 g/mol. The van der Waals surface area contributed by atoms with E-state index in [9.17, 15) is 22.8 Å². The smallest absolute Gasteiger partial charge is 0.305 e. The van der Waals surface area contributed by atoms with Gasteiger partial charge < -0.3 is 10.1 Å². The molecule has 0 aliphatic heterocycles. The van der Waals surface area contributed by atoms with Gasteiger partial charge in [0.05, 0.1) is 6.61 Å². The van der Waals surface area contributed by atoms with Gasteiger partial charge >= 0.3 is 5.97 Å². The molecule has 1 aromatic carbocycles. The predicted molar refractivity (Wildman–Crippen MR) is 64.5 cm³/mol. The van der Waals surface area contributed by atoms with E-state index in [0.717, 1.165) is 0 Å². The third kappa shape index (κ3) is 4.56. The van der Waals surface area contributed by atoms with Crippen molar-refractivity contribution >= 4 is 11.9 Å². The van der Waals surface area contributed by atoms with Crippen LogP contribution in [-0.4, -0.2) is 25.0 Å². The molecule has 0 unspecified atom stereocenters. The van der Waals surface area contributed by atoms with Gasteiger partial charge in [-0.05, 0) is 13.3 Å². The van der Waals surface area contributed by atoms with E-state index in [2.05, 4.69) is 10.1 Å². The van der Waals surface area contributed by atoms with Crippen LogP contribution in [0, 0.1) is 17.5 Å². The van der Waals surface area contributed by atoms with Crippen LogP contribution >= 0.6 is 0 Å². The molecule has 1 N–H and O–H groups in total. The van der Waals surface area contributed by atoms with E-state index in [1.807, 2.05) is 0 Å². The Morgan fingerprint density at radius 2 is 1.80 bits per heavy atom. The van der Waals surface area contributed by atoms with Crippen LogP contribution < -0.4 is 5.32 Å². The Bertz CT molecular complexity index is 483. The molecule has 0 atom stereocenters. The van der Waals surface area contributed by atoms with Crippen LogP contribution in [0.25, 0.3) is 0 Å². The summed E-state index contributed by atoms with van der Waals surface area (Å²) in [6.45, 7) is 1.98. The Morgan fingerprint density at radius 1 is 1.20 bits per heavy atom. The molecule has 0 bridgehead atoms. The molecule has 0 spiro atoms. The standard InChI is InChI=1S/C13H14F3NO3/c1-2-20-11(18)4-3-5-17-13(19)12-9(15)6-8(14)7-10(12)16/h6-7H,2-5H2,1H3,(H,17,19). The molecule has 4 nitrogen and oxygen atoms in total. The van der Waals surface area contributed by atoms with E-state index in [0.29, 0.717) is 12.1 Å². The number of benzene rings is 1. The maximum Gasteiger partial charge on any atom is 0.305 e. The van der Waals surface area contributed by atoms with E-state index in [1.54, 1.807) is 6.92 Å². The summed E-state index contributed by atoms with van der Waals surface area (Å²) in [6.07, 6.45) is 0.359. The van der Waals surface area contributed by atoms with Crippen LogP contribution in [0.3, 0.4) is 0 Å². The van der Waals surface area contributed by atoms with E-state index < -0.39 is 34.9 Å². The lowest BCUT2D eigenvalue weighted by Gasteiger charge is -2.07. The fourth-order valence-corrected chi connectivity index (χ4v) is 1.52. The number of nitrogens with one attached hydrogen (secondary N) is 1. The van der Waals surface area contributed by atoms with Crippen LogP contribution in [0.5, 0.6) is 0 Å². The SMILES string of the molecule is CCOC(=O)CCCNC(=O)c1c(F)cc(F)cc1F. The highest BCUT2D eigenvalue weighted by atomic mass is 19.1. The average Bonchev–Trinajstić information content (AvgIpc) is 2.33. The number of amides is 1. The first-order chi connectivity index (χ1) is 9.45. The van der Waals surface area contributed by atoms with Crippen molar-refractivity contribution in [3.05, 3.63) is 35.1 Å². The molecule has 1 rings (SSSR count). The van der Waals surface area contributed by atoms with E-state index in [1.165, 1.54) is 0 Å². The minimum Gasteiger partial charge on any atom is -0.466 e. The second-order valence-electron chi connectivity index (χ2n) is 3.91. The van der Waals surface area contributed by atoms with Gasteiger partial charge in [-0.3, -0.25) is 9.59 Å². The maximum atomic E-state index is 13.3. The third-order valence-electron chi connectivity index (χ3n) is 2.38. The quantitative estimate of drug-likeness (QED) is 0.645. The van der Waals surface area contributed by atoms with Crippen LogP contribution in [0.2, 0.25) is 0 Å². The Hall–Kier alpha value is -2.05. The molecule has 110 valence electrons. The molecule has 1 amide bonds. The fraction of sp³-hybridized carbons (Fsp3) is 0.385. The Balaban J connectivity index is 2.50. The molecule has 0 heterocycles. The predicted octanol–water partition coefficient (Wildman–Crippen LogP) is 2.18. The highest BCUT2D eigenvalue weighted by Gasteiger charge is 2.18. The van der Waals surface area contributed by atoms with Gasteiger partial charge in [0.1, 0.15) is 23.0 Å². The average molecular weight is 289 g/mol. The van der Waals surface area contributed by atoms with Crippen LogP contribution in [0.4, 0.5) is 13.2 Å². The van der Waals surface area contributed by atoms with Gasteiger partial charge in [-0.2, -0.15) is 0 Å². The van der Waals surface area contributed by atoms with Gasteiger partial charge in [0.15, 0.2) is 0 Å². The lowest BCUT2D eigenvalue weighted by atomic mass is 10.1. The van der Waals surface area contributed by atoms with E-state index >= 15 is 0 Å². The summed E-state index contributed by atoms with van der Waals surface area (Å²) >= 11 is 0. The molecule has 0 aliphatic rings. The Labute approximate surface area is 113 Å². The molecule has 0 radical (unpaired) electrons. The monoisotopic (exact) mass is 289 g/mol. The third-order valence-corrected chi connectivity index (χ3v) is 2.38. The van der Waals surface area contributed by atoms with Gasteiger partial charge in [-0.1, -0.05) is 0 Å². The number of esters is 1. The van der Waals surface area contributed by atoms with Gasteiger partial charge in [-0.25, -0.2) is 13.2 Å². The summed E-state index contributed by atoms with van der Waals surface area (Å²) in [6, 6.07) is 0.854. The molecule has 1 aromatic rings. The van der Waals surface area contributed by atoms with Crippen molar-refractivity contribution in [3.8, 4) is 0 Å². The molecular formula is C13H14F3NO3.